The highest BCUT2D eigenvalue weighted by atomic mass is 32.2. The summed E-state index contributed by atoms with van der Waals surface area (Å²) in [5.74, 6) is -2.54. The van der Waals surface area contributed by atoms with E-state index in [1.54, 1.807) is 0 Å². The molecule has 4 aromatic rings. The normalized spacial score (nSPS) is 15.8. The van der Waals surface area contributed by atoms with E-state index < -0.39 is 50.9 Å². The molecule has 16 heteroatoms. The summed E-state index contributed by atoms with van der Waals surface area (Å²) < 4.78 is 79.3. The summed E-state index contributed by atoms with van der Waals surface area (Å²) in [5, 5.41) is 14.3. The van der Waals surface area contributed by atoms with E-state index in [2.05, 4.69) is 25.7 Å². The molecule has 1 fully saturated rings. The van der Waals surface area contributed by atoms with Gasteiger partial charge in [0.05, 0.1) is 52.9 Å². The maximum atomic E-state index is 14.5. The van der Waals surface area contributed by atoms with Gasteiger partial charge in [-0.3, -0.25) is 14.6 Å². The third kappa shape index (κ3) is 5.21. The van der Waals surface area contributed by atoms with Gasteiger partial charge < -0.3 is 5.32 Å². The highest BCUT2D eigenvalue weighted by molar-refractivity contribution is 7.92. The van der Waals surface area contributed by atoms with Crippen LogP contribution in [0.1, 0.15) is 40.6 Å². The number of amides is 1. The van der Waals surface area contributed by atoms with E-state index in [1.807, 2.05) is 0 Å². The van der Waals surface area contributed by atoms with Crippen molar-refractivity contribution in [1.29, 1.82) is 0 Å². The van der Waals surface area contributed by atoms with E-state index in [0.29, 0.717) is 17.3 Å². The SMILES string of the molecule is C[C@@H](NC(=O)c1ccc(=O)n(-c2cncc(-c3cnnn3C3CS(=O)(=O)C3)c2)n1)c1cccc(C(F)(F)F)c1F. The van der Waals surface area contributed by atoms with Crippen LogP contribution < -0.4 is 10.9 Å². The molecule has 1 saturated heterocycles. The van der Waals surface area contributed by atoms with Gasteiger partial charge in [-0.2, -0.15) is 23.0 Å². The molecular formula is C24H19F4N7O4S. The number of nitrogens with zero attached hydrogens (tertiary/aromatic N) is 6. The van der Waals surface area contributed by atoms with Crippen LogP contribution in [0, 0.1) is 5.82 Å². The van der Waals surface area contributed by atoms with Crippen molar-refractivity contribution in [2.75, 3.05) is 11.5 Å². The second-order valence-electron chi connectivity index (χ2n) is 9.10. The van der Waals surface area contributed by atoms with Crippen molar-refractivity contribution < 1.29 is 30.8 Å². The number of benzene rings is 1. The number of sulfone groups is 1. The topological polar surface area (TPSA) is 142 Å². The molecule has 208 valence electrons. The lowest BCUT2D eigenvalue weighted by Crippen LogP contribution is -2.39. The van der Waals surface area contributed by atoms with Crippen molar-refractivity contribution in [3.63, 3.8) is 0 Å². The molecule has 3 aromatic heterocycles. The molecule has 0 radical (unpaired) electrons. The van der Waals surface area contributed by atoms with Gasteiger partial charge in [-0.25, -0.2) is 17.5 Å². The minimum atomic E-state index is -4.91. The summed E-state index contributed by atoms with van der Waals surface area (Å²) in [7, 11) is -3.13. The fraction of sp³-hybridized carbons (Fsp3) is 0.250. The van der Waals surface area contributed by atoms with Gasteiger partial charge in [0.25, 0.3) is 11.5 Å². The summed E-state index contributed by atoms with van der Waals surface area (Å²) in [6.45, 7) is 1.31. The first-order valence-corrected chi connectivity index (χ1v) is 13.5. The van der Waals surface area contributed by atoms with Gasteiger partial charge in [0.1, 0.15) is 11.5 Å². The highest BCUT2D eigenvalue weighted by Gasteiger charge is 2.37. The maximum absolute atomic E-state index is 14.5. The minimum Gasteiger partial charge on any atom is -0.344 e. The van der Waals surface area contributed by atoms with Gasteiger partial charge in [-0.05, 0) is 25.1 Å². The molecule has 0 spiro atoms. The summed E-state index contributed by atoms with van der Waals surface area (Å²) >= 11 is 0. The van der Waals surface area contributed by atoms with Gasteiger partial charge in [0, 0.05) is 23.4 Å². The summed E-state index contributed by atoms with van der Waals surface area (Å²) in [6.07, 6.45) is -0.728. The van der Waals surface area contributed by atoms with Gasteiger partial charge in [0.2, 0.25) is 0 Å². The lowest BCUT2D eigenvalue weighted by atomic mass is 10.0. The minimum absolute atomic E-state index is 0.0858. The smallest absolute Gasteiger partial charge is 0.344 e. The van der Waals surface area contributed by atoms with Crippen molar-refractivity contribution in [3.8, 4) is 16.9 Å². The first kappa shape index (κ1) is 27.1. The molecule has 0 bridgehead atoms. The van der Waals surface area contributed by atoms with Gasteiger partial charge in [-0.15, -0.1) is 5.10 Å². The molecule has 1 aliphatic heterocycles. The molecule has 4 heterocycles. The Hall–Kier alpha value is -4.47. The molecule has 1 aliphatic rings. The average molecular weight is 578 g/mol. The van der Waals surface area contributed by atoms with Crippen LogP contribution in [0.15, 0.2) is 59.8 Å². The second-order valence-corrected chi connectivity index (χ2v) is 11.3. The summed E-state index contributed by atoms with van der Waals surface area (Å²) in [4.78, 5) is 29.6. The Labute approximate surface area is 223 Å². The second kappa shape index (κ2) is 9.93. The van der Waals surface area contributed by atoms with Gasteiger partial charge in [0.15, 0.2) is 9.84 Å². The van der Waals surface area contributed by atoms with E-state index in [9.17, 15) is 35.6 Å². The zero-order valence-corrected chi connectivity index (χ0v) is 21.3. The van der Waals surface area contributed by atoms with E-state index >= 15 is 0 Å². The molecular weight excluding hydrogens is 558 g/mol. The third-order valence-electron chi connectivity index (χ3n) is 6.26. The Balaban J connectivity index is 1.41. The number of hydrogen-bond donors (Lipinski definition) is 1. The number of alkyl halides is 3. The molecule has 11 nitrogen and oxygen atoms in total. The third-order valence-corrected chi connectivity index (χ3v) is 8.04. The maximum Gasteiger partial charge on any atom is 0.419 e. The number of halogens is 4. The Morgan fingerprint density at radius 1 is 1.12 bits per heavy atom. The largest absolute Gasteiger partial charge is 0.419 e. The molecule has 1 N–H and O–H groups in total. The zero-order valence-electron chi connectivity index (χ0n) is 20.5. The quantitative estimate of drug-likeness (QED) is 0.345. The number of carbonyl (C=O) groups is 1. The Morgan fingerprint density at radius 3 is 2.58 bits per heavy atom. The standard InChI is InChI=1S/C24H19F4N7O4S/c1-13(17-3-2-4-18(22(17)25)24(26,27)28)31-23(37)19-5-6-21(36)35(32-19)15-7-14(8-29-9-15)20-10-30-33-34(20)16-11-40(38,39)12-16/h2-10,13,16H,11-12H2,1H3,(H,31,37)/t13-/m1/s1. The van der Waals surface area contributed by atoms with Crippen LogP contribution in [0.5, 0.6) is 0 Å². The van der Waals surface area contributed by atoms with E-state index in [4.69, 9.17) is 0 Å². The first-order valence-electron chi connectivity index (χ1n) is 11.7. The lowest BCUT2D eigenvalue weighted by Gasteiger charge is -2.26. The number of rotatable bonds is 6. The number of pyridine rings is 1. The number of aromatic nitrogens is 6. The monoisotopic (exact) mass is 577 g/mol. The van der Waals surface area contributed by atoms with Crippen LogP contribution in [0.4, 0.5) is 17.6 Å². The fourth-order valence-electron chi connectivity index (χ4n) is 4.25. The molecule has 5 rings (SSSR count). The number of nitrogens with one attached hydrogen (secondary N) is 1. The molecule has 1 amide bonds. The Morgan fingerprint density at radius 2 is 1.88 bits per heavy atom. The van der Waals surface area contributed by atoms with Gasteiger partial charge >= 0.3 is 6.18 Å². The van der Waals surface area contributed by atoms with Crippen molar-refractivity contribution in [3.05, 3.63) is 88.0 Å². The molecule has 0 saturated carbocycles. The molecule has 40 heavy (non-hydrogen) atoms. The number of carbonyl (C=O) groups excluding carboxylic acids is 1. The van der Waals surface area contributed by atoms with Crippen molar-refractivity contribution in [2.24, 2.45) is 0 Å². The lowest BCUT2D eigenvalue weighted by molar-refractivity contribution is -0.140. The van der Waals surface area contributed by atoms with E-state index in [-0.39, 0.29) is 28.5 Å². The molecule has 0 aliphatic carbocycles. The van der Waals surface area contributed by atoms with Crippen molar-refractivity contribution in [2.45, 2.75) is 25.2 Å². The van der Waals surface area contributed by atoms with Crippen LogP contribution in [0.3, 0.4) is 0 Å². The fourth-order valence-corrected chi connectivity index (χ4v) is 5.61. The Kier molecular flexibility index (Phi) is 6.73. The molecule has 1 atom stereocenters. The highest BCUT2D eigenvalue weighted by Crippen LogP contribution is 2.34. The first-order chi connectivity index (χ1) is 18.8. The van der Waals surface area contributed by atoms with Crippen LogP contribution in [-0.2, 0) is 16.0 Å². The van der Waals surface area contributed by atoms with Crippen LogP contribution in [-0.4, -0.2) is 55.6 Å². The van der Waals surface area contributed by atoms with Crippen molar-refractivity contribution >= 4 is 15.7 Å². The predicted octanol–water partition coefficient (Wildman–Crippen LogP) is 2.50. The molecule has 0 unspecified atom stereocenters. The van der Waals surface area contributed by atoms with E-state index in [0.717, 1.165) is 28.9 Å². The molecule has 1 aromatic carbocycles. The Bertz CT molecular complexity index is 1770. The van der Waals surface area contributed by atoms with E-state index in [1.165, 1.54) is 36.3 Å². The van der Waals surface area contributed by atoms with Crippen LogP contribution in [0.2, 0.25) is 0 Å². The average Bonchev–Trinajstić information content (AvgIpc) is 3.36. The summed E-state index contributed by atoms with van der Waals surface area (Å²) in [5.41, 5.74) is -1.67. The summed E-state index contributed by atoms with van der Waals surface area (Å²) in [6, 6.07) is 4.91. The van der Waals surface area contributed by atoms with Crippen molar-refractivity contribution in [1.82, 2.24) is 35.1 Å². The zero-order chi connectivity index (χ0) is 28.8. The van der Waals surface area contributed by atoms with Crippen LogP contribution >= 0.6 is 0 Å². The van der Waals surface area contributed by atoms with Crippen LogP contribution in [0.25, 0.3) is 16.9 Å². The van der Waals surface area contributed by atoms with Gasteiger partial charge in [-0.1, -0.05) is 17.3 Å². The number of hydrogen-bond acceptors (Lipinski definition) is 8. The predicted molar refractivity (Wildman–Crippen MR) is 132 cm³/mol.